The van der Waals surface area contributed by atoms with Gasteiger partial charge in [0.2, 0.25) is 0 Å². The first-order valence-electron chi connectivity index (χ1n) is 8.46. The van der Waals surface area contributed by atoms with Gasteiger partial charge in [-0.3, -0.25) is 20.2 Å². The van der Waals surface area contributed by atoms with E-state index in [0.29, 0.717) is 5.56 Å². The van der Waals surface area contributed by atoms with Crippen LogP contribution in [0.5, 0.6) is 0 Å². The zero-order valence-corrected chi connectivity index (χ0v) is 15.0. The molecule has 2 aromatic carbocycles. The predicted molar refractivity (Wildman–Crippen MR) is 102 cm³/mol. The van der Waals surface area contributed by atoms with Crippen molar-refractivity contribution in [2.45, 2.75) is 19.4 Å². The average Bonchev–Trinajstić information content (AvgIpc) is 2.70. The number of hydroxylamine groups is 1. The number of hydrogen-bond donors (Lipinski definition) is 6. The van der Waals surface area contributed by atoms with Gasteiger partial charge in [0.05, 0.1) is 0 Å². The Balaban J connectivity index is 2.08. The van der Waals surface area contributed by atoms with E-state index in [9.17, 15) is 9.59 Å². The topological polar surface area (TPSA) is 140 Å². The summed E-state index contributed by atoms with van der Waals surface area (Å²) in [6.45, 7) is 1.97. The van der Waals surface area contributed by atoms with E-state index in [4.69, 9.17) is 16.4 Å². The zero-order valence-electron chi connectivity index (χ0n) is 15.0. The van der Waals surface area contributed by atoms with Gasteiger partial charge < -0.3 is 16.4 Å². The quantitative estimate of drug-likeness (QED) is 0.187. The number of guanidine groups is 1. The van der Waals surface area contributed by atoms with Gasteiger partial charge in [-0.2, -0.15) is 0 Å². The largest absolute Gasteiger partial charge is 0.370 e. The molecular formula is C19H23N5O3. The van der Waals surface area contributed by atoms with Crippen molar-refractivity contribution in [1.29, 1.82) is 5.41 Å². The van der Waals surface area contributed by atoms with E-state index in [-0.39, 0.29) is 12.5 Å². The van der Waals surface area contributed by atoms with Gasteiger partial charge in [-0.15, -0.1) is 0 Å². The van der Waals surface area contributed by atoms with Crippen LogP contribution in [0.15, 0.2) is 48.5 Å². The van der Waals surface area contributed by atoms with Crippen LogP contribution >= 0.6 is 0 Å². The molecule has 2 rings (SSSR count). The minimum absolute atomic E-state index is 0.130. The molecule has 142 valence electrons. The lowest BCUT2D eigenvalue weighted by Crippen LogP contribution is -2.52. The van der Waals surface area contributed by atoms with Crippen LogP contribution in [-0.4, -0.2) is 35.6 Å². The first kappa shape index (κ1) is 19.9. The van der Waals surface area contributed by atoms with Crippen LogP contribution in [0.4, 0.5) is 0 Å². The standard InChI is InChI=1S/C19H23N5O3/c1-2-12-3-5-13(6-4-12)14-7-9-15(10-8-14)17(25)23-16(18(26)24-27)11-22-19(20)21/h3-10,16,27H,2,11H2,1H3,(H,23,25)(H,24,26)(H4,20,21,22)/t16-/m0/s1. The molecular weight excluding hydrogens is 346 g/mol. The van der Waals surface area contributed by atoms with Gasteiger partial charge in [-0.05, 0) is 35.2 Å². The first-order valence-corrected chi connectivity index (χ1v) is 8.46. The molecule has 0 aliphatic carbocycles. The molecule has 0 spiro atoms. The lowest BCUT2D eigenvalue weighted by molar-refractivity contribution is -0.131. The Labute approximate surface area is 157 Å². The van der Waals surface area contributed by atoms with Crippen molar-refractivity contribution in [3.05, 3.63) is 59.7 Å². The Morgan fingerprint density at radius 2 is 1.63 bits per heavy atom. The summed E-state index contributed by atoms with van der Waals surface area (Å²) in [5.41, 5.74) is 10.3. The molecule has 0 unspecified atom stereocenters. The number of rotatable bonds is 7. The highest BCUT2D eigenvalue weighted by atomic mass is 16.5. The summed E-state index contributed by atoms with van der Waals surface area (Å²) < 4.78 is 0. The highest BCUT2D eigenvalue weighted by molar-refractivity contribution is 5.98. The van der Waals surface area contributed by atoms with Gasteiger partial charge >= 0.3 is 0 Å². The van der Waals surface area contributed by atoms with Crippen molar-refractivity contribution in [2.75, 3.05) is 6.54 Å². The number of nitrogens with two attached hydrogens (primary N) is 1. The average molecular weight is 369 g/mol. The number of nitrogens with one attached hydrogen (secondary N) is 4. The molecule has 7 N–H and O–H groups in total. The van der Waals surface area contributed by atoms with Crippen LogP contribution in [0.3, 0.4) is 0 Å². The number of carbonyl (C=O) groups is 2. The molecule has 8 nitrogen and oxygen atoms in total. The third-order valence-electron chi connectivity index (χ3n) is 4.07. The predicted octanol–water partition coefficient (Wildman–Crippen LogP) is 1.00. The van der Waals surface area contributed by atoms with Crippen LogP contribution < -0.4 is 21.8 Å². The fourth-order valence-corrected chi connectivity index (χ4v) is 2.49. The highest BCUT2D eigenvalue weighted by Crippen LogP contribution is 2.20. The Bertz CT molecular complexity index is 803. The highest BCUT2D eigenvalue weighted by Gasteiger charge is 2.21. The Hall–Kier alpha value is -3.39. The third kappa shape index (κ3) is 5.55. The lowest BCUT2D eigenvalue weighted by atomic mass is 10.0. The lowest BCUT2D eigenvalue weighted by Gasteiger charge is -2.17. The SMILES string of the molecule is CCc1ccc(-c2ccc(C(=O)N[C@@H](CNC(=N)N)C(=O)NO)cc2)cc1. The molecule has 0 heterocycles. The third-order valence-corrected chi connectivity index (χ3v) is 4.07. The Morgan fingerprint density at radius 3 is 2.11 bits per heavy atom. The maximum absolute atomic E-state index is 12.4. The summed E-state index contributed by atoms with van der Waals surface area (Å²) >= 11 is 0. The second kappa shape index (κ2) is 9.35. The molecule has 1 atom stereocenters. The van der Waals surface area contributed by atoms with E-state index >= 15 is 0 Å². The van der Waals surface area contributed by atoms with Gasteiger partial charge in [-0.1, -0.05) is 43.3 Å². The normalized spacial score (nSPS) is 11.3. The molecule has 0 radical (unpaired) electrons. The molecule has 0 saturated heterocycles. The Kier molecular flexibility index (Phi) is 6.90. The van der Waals surface area contributed by atoms with Gasteiger partial charge in [0, 0.05) is 12.1 Å². The summed E-state index contributed by atoms with van der Waals surface area (Å²) in [4.78, 5) is 24.0. The van der Waals surface area contributed by atoms with Crippen LogP contribution in [0, 0.1) is 5.41 Å². The second-order valence-corrected chi connectivity index (χ2v) is 5.92. The van der Waals surface area contributed by atoms with E-state index in [1.165, 1.54) is 11.0 Å². The fraction of sp³-hybridized carbons (Fsp3) is 0.211. The summed E-state index contributed by atoms with van der Waals surface area (Å²) in [5, 5.41) is 20.8. The van der Waals surface area contributed by atoms with Crippen molar-refractivity contribution in [3.63, 3.8) is 0 Å². The molecule has 0 saturated carbocycles. The van der Waals surface area contributed by atoms with Gasteiger partial charge in [-0.25, -0.2) is 5.48 Å². The van der Waals surface area contributed by atoms with E-state index in [1.54, 1.807) is 12.1 Å². The zero-order chi connectivity index (χ0) is 19.8. The van der Waals surface area contributed by atoms with Crippen LogP contribution in [0.1, 0.15) is 22.8 Å². The van der Waals surface area contributed by atoms with E-state index in [1.807, 2.05) is 24.3 Å². The minimum Gasteiger partial charge on any atom is -0.370 e. The minimum atomic E-state index is -1.09. The molecule has 0 aromatic heterocycles. The molecule has 8 heteroatoms. The van der Waals surface area contributed by atoms with Crippen molar-refractivity contribution in [1.82, 2.24) is 16.1 Å². The molecule has 2 aromatic rings. The summed E-state index contributed by atoms with van der Waals surface area (Å²) in [7, 11) is 0. The molecule has 27 heavy (non-hydrogen) atoms. The Morgan fingerprint density at radius 1 is 1.07 bits per heavy atom. The maximum atomic E-state index is 12.4. The molecule has 0 aliphatic heterocycles. The van der Waals surface area contributed by atoms with Crippen molar-refractivity contribution in [3.8, 4) is 11.1 Å². The molecule has 2 amide bonds. The number of carbonyl (C=O) groups excluding carboxylic acids is 2. The molecule has 0 aliphatic rings. The number of aryl methyl sites for hydroxylation is 1. The fourth-order valence-electron chi connectivity index (χ4n) is 2.49. The first-order chi connectivity index (χ1) is 12.9. The van der Waals surface area contributed by atoms with E-state index in [0.717, 1.165) is 17.5 Å². The van der Waals surface area contributed by atoms with Gasteiger partial charge in [0.25, 0.3) is 11.8 Å². The van der Waals surface area contributed by atoms with Gasteiger partial charge in [0.1, 0.15) is 6.04 Å². The van der Waals surface area contributed by atoms with Crippen molar-refractivity contribution in [2.24, 2.45) is 5.73 Å². The van der Waals surface area contributed by atoms with Crippen LogP contribution in [0.2, 0.25) is 0 Å². The molecule has 0 bridgehead atoms. The number of benzene rings is 2. The monoisotopic (exact) mass is 369 g/mol. The number of hydrogen-bond acceptors (Lipinski definition) is 4. The summed E-state index contributed by atoms with van der Waals surface area (Å²) in [6.07, 6.45) is 0.973. The number of amides is 2. The maximum Gasteiger partial charge on any atom is 0.267 e. The second-order valence-electron chi connectivity index (χ2n) is 5.92. The van der Waals surface area contributed by atoms with Gasteiger partial charge in [0.15, 0.2) is 5.96 Å². The summed E-state index contributed by atoms with van der Waals surface area (Å²) in [5.74, 6) is -1.65. The van der Waals surface area contributed by atoms with Crippen LogP contribution in [0.25, 0.3) is 11.1 Å². The summed E-state index contributed by atoms with van der Waals surface area (Å²) in [6, 6.07) is 14.1. The van der Waals surface area contributed by atoms with Crippen LogP contribution in [-0.2, 0) is 11.2 Å². The molecule has 0 fully saturated rings. The van der Waals surface area contributed by atoms with E-state index in [2.05, 4.69) is 29.7 Å². The smallest absolute Gasteiger partial charge is 0.267 e. The van der Waals surface area contributed by atoms with Crippen molar-refractivity contribution < 1.29 is 14.8 Å². The van der Waals surface area contributed by atoms with E-state index < -0.39 is 17.9 Å². The van der Waals surface area contributed by atoms with Crippen molar-refractivity contribution >= 4 is 17.8 Å².